The van der Waals surface area contributed by atoms with E-state index in [2.05, 4.69) is 0 Å². The van der Waals surface area contributed by atoms with Gasteiger partial charge in [0.05, 0.1) is 5.92 Å². The topological polar surface area (TPSA) is 63.6 Å². The van der Waals surface area contributed by atoms with Crippen molar-refractivity contribution in [2.45, 2.75) is 75.9 Å². The van der Waals surface area contributed by atoms with E-state index < -0.39 is 11.2 Å². The Kier molecular flexibility index (Phi) is 3.39. The summed E-state index contributed by atoms with van der Waals surface area (Å²) in [5.41, 5.74) is -1.97. The third-order valence-electron chi connectivity index (χ3n) is 5.69. The molecule has 3 fully saturated rings. The molecule has 4 atom stereocenters. The number of esters is 1. The van der Waals surface area contributed by atoms with Gasteiger partial charge in [-0.3, -0.25) is 9.59 Å². The smallest absolute Gasteiger partial charge is 0.303 e. The lowest BCUT2D eigenvalue weighted by Gasteiger charge is -2.42. The fourth-order valence-electron chi connectivity index (χ4n) is 4.98. The summed E-state index contributed by atoms with van der Waals surface area (Å²) < 4.78 is 5.77. The van der Waals surface area contributed by atoms with Crippen LogP contribution in [0.4, 0.5) is 0 Å². The zero-order valence-electron chi connectivity index (χ0n) is 12.2. The van der Waals surface area contributed by atoms with Crippen molar-refractivity contribution in [2.24, 2.45) is 11.8 Å². The molecule has 0 spiro atoms. The highest BCUT2D eigenvalue weighted by Crippen LogP contribution is 2.57. The zero-order chi connectivity index (χ0) is 14.4. The van der Waals surface area contributed by atoms with Crippen molar-refractivity contribution < 1.29 is 19.4 Å². The molecule has 0 aliphatic heterocycles. The highest BCUT2D eigenvalue weighted by atomic mass is 16.6. The van der Waals surface area contributed by atoms with Gasteiger partial charge in [-0.2, -0.15) is 0 Å². The lowest BCUT2D eigenvalue weighted by molar-refractivity contribution is -0.176. The molecule has 4 heteroatoms. The molecule has 0 aromatic rings. The second kappa shape index (κ2) is 4.83. The minimum Gasteiger partial charge on any atom is -0.458 e. The van der Waals surface area contributed by atoms with Crippen molar-refractivity contribution in [1.29, 1.82) is 0 Å². The van der Waals surface area contributed by atoms with Gasteiger partial charge >= 0.3 is 5.97 Å². The number of rotatable bonds is 1. The van der Waals surface area contributed by atoms with Gasteiger partial charge in [0.25, 0.3) is 0 Å². The van der Waals surface area contributed by atoms with Gasteiger partial charge < -0.3 is 9.84 Å². The van der Waals surface area contributed by atoms with Gasteiger partial charge in [-0.15, -0.1) is 0 Å². The van der Waals surface area contributed by atoms with Gasteiger partial charge in [-0.25, -0.2) is 0 Å². The summed E-state index contributed by atoms with van der Waals surface area (Å²) in [5.74, 6) is -0.852. The Labute approximate surface area is 119 Å². The van der Waals surface area contributed by atoms with Crippen LogP contribution in [0.15, 0.2) is 0 Å². The molecule has 0 amide bonds. The van der Waals surface area contributed by atoms with Crippen LogP contribution in [0.25, 0.3) is 0 Å². The standard InChI is InChI=1S/C16H24O4/c1-11(17)20-16-10-5-2-3-7-12(16)14(18)15(19)9-6-4-8-13(15)16/h12-13,19H,2-10H2,1H3/t12-,13-,15-,16+/m0/s1. The van der Waals surface area contributed by atoms with Crippen molar-refractivity contribution >= 4 is 11.8 Å². The van der Waals surface area contributed by atoms with Crippen LogP contribution >= 0.6 is 0 Å². The van der Waals surface area contributed by atoms with E-state index in [1.54, 1.807) is 0 Å². The minimum absolute atomic E-state index is 0.0506. The van der Waals surface area contributed by atoms with Gasteiger partial charge in [0.1, 0.15) is 11.2 Å². The summed E-state index contributed by atoms with van der Waals surface area (Å²) in [6.45, 7) is 1.42. The largest absolute Gasteiger partial charge is 0.458 e. The number of carbonyl (C=O) groups is 2. The second-order valence-electron chi connectivity index (χ2n) is 6.79. The van der Waals surface area contributed by atoms with Gasteiger partial charge in [0.2, 0.25) is 0 Å². The van der Waals surface area contributed by atoms with Crippen LogP contribution in [0, 0.1) is 11.8 Å². The molecule has 4 nitrogen and oxygen atoms in total. The quantitative estimate of drug-likeness (QED) is 0.749. The fraction of sp³-hybridized carbons (Fsp3) is 0.875. The molecule has 0 bridgehead atoms. The van der Waals surface area contributed by atoms with Gasteiger partial charge in [0.15, 0.2) is 5.78 Å². The van der Waals surface area contributed by atoms with E-state index in [0.29, 0.717) is 6.42 Å². The normalized spacial score (nSPS) is 44.4. The van der Waals surface area contributed by atoms with Crippen LogP contribution in [-0.4, -0.2) is 28.1 Å². The Morgan fingerprint density at radius 3 is 2.60 bits per heavy atom. The number of aliphatic hydroxyl groups is 1. The van der Waals surface area contributed by atoms with Crippen LogP contribution in [0.5, 0.6) is 0 Å². The van der Waals surface area contributed by atoms with Gasteiger partial charge in [0, 0.05) is 12.8 Å². The summed E-state index contributed by atoms with van der Waals surface area (Å²) in [7, 11) is 0. The molecule has 0 heterocycles. The van der Waals surface area contributed by atoms with E-state index in [1.807, 2.05) is 0 Å². The number of hydrogen-bond acceptors (Lipinski definition) is 4. The van der Waals surface area contributed by atoms with Crippen LogP contribution in [0.1, 0.15) is 64.7 Å². The van der Waals surface area contributed by atoms with E-state index in [0.717, 1.165) is 51.4 Å². The maximum atomic E-state index is 12.8. The first kappa shape index (κ1) is 14.1. The molecule has 0 radical (unpaired) electrons. The van der Waals surface area contributed by atoms with E-state index >= 15 is 0 Å². The summed E-state index contributed by atoms with van der Waals surface area (Å²) in [6.07, 6.45) is 7.77. The van der Waals surface area contributed by atoms with Gasteiger partial charge in [-0.1, -0.05) is 25.7 Å². The van der Waals surface area contributed by atoms with Crippen molar-refractivity contribution in [3.63, 3.8) is 0 Å². The fourth-order valence-corrected chi connectivity index (χ4v) is 4.98. The highest BCUT2D eigenvalue weighted by Gasteiger charge is 2.69. The second-order valence-corrected chi connectivity index (χ2v) is 6.79. The zero-order valence-corrected chi connectivity index (χ0v) is 12.2. The lowest BCUT2D eigenvalue weighted by atomic mass is 9.70. The number of carbonyl (C=O) groups excluding carboxylic acids is 2. The summed E-state index contributed by atoms with van der Waals surface area (Å²) in [5, 5.41) is 10.9. The Bertz CT molecular complexity index is 432. The number of ether oxygens (including phenoxy) is 1. The molecule has 3 aliphatic rings. The third-order valence-corrected chi connectivity index (χ3v) is 5.69. The maximum Gasteiger partial charge on any atom is 0.303 e. The number of ketones is 1. The van der Waals surface area contributed by atoms with Crippen LogP contribution in [0.3, 0.4) is 0 Å². The van der Waals surface area contributed by atoms with Gasteiger partial charge in [-0.05, 0) is 32.1 Å². The Morgan fingerprint density at radius 2 is 1.85 bits per heavy atom. The number of Topliss-reactive ketones (excluding diaryl/α,β-unsaturated/α-hetero) is 1. The van der Waals surface area contributed by atoms with Crippen molar-refractivity contribution in [1.82, 2.24) is 0 Å². The van der Waals surface area contributed by atoms with E-state index in [9.17, 15) is 14.7 Å². The molecule has 0 saturated heterocycles. The molecular weight excluding hydrogens is 256 g/mol. The molecule has 3 aliphatic carbocycles. The van der Waals surface area contributed by atoms with E-state index in [1.165, 1.54) is 6.92 Å². The first-order chi connectivity index (χ1) is 9.51. The van der Waals surface area contributed by atoms with Crippen LogP contribution in [0.2, 0.25) is 0 Å². The van der Waals surface area contributed by atoms with Crippen molar-refractivity contribution in [3.8, 4) is 0 Å². The predicted molar refractivity (Wildman–Crippen MR) is 73.0 cm³/mol. The summed E-state index contributed by atoms with van der Waals surface area (Å²) in [6, 6.07) is 0. The third kappa shape index (κ3) is 1.84. The summed E-state index contributed by atoms with van der Waals surface area (Å²) >= 11 is 0. The molecule has 0 unspecified atom stereocenters. The number of fused-ring (bicyclic) bond motifs is 3. The average molecular weight is 280 g/mol. The Morgan fingerprint density at radius 1 is 1.15 bits per heavy atom. The molecule has 0 aromatic carbocycles. The molecule has 20 heavy (non-hydrogen) atoms. The van der Waals surface area contributed by atoms with Crippen LogP contribution in [-0.2, 0) is 14.3 Å². The number of hydrogen-bond donors (Lipinski definition) is 1. The molecule has 3 saturated carbocycles. The first-order valence-corrected chi connectivity index (χ1v) is 7.97. The SMILES string of the molecule is CC(=O)O[C@]12CCCCC[C@H]1C(=O)[C@]1(O)CCCC[C@H]21. The molecular formula is C16H24O4. The molecule has 1 N–H and O–H groups in total. The van der Waals surface area contributed by atoms with E-state index in [-0.39, 0.29) is 23.6 Å². The Hall–Kier alpha value is -0.900. The van der Waals surface area contributed by atoms with Crippen molar-refractivity contribution in [2.75, 3.05) is 0 Å². The summed E-state index contributed by atoms with van der Waals surface area (Å²) in [4.78, 5) is 24.4. The Balaban J connectivity index is 2.06. The maximum absolute atomic E-state index is 12.8. The van der Waals surface area contributed by atoms with E-state index in [4.69, 9.17) is 4.74 Å². The highest BCUT2D eigenvalue weighted by molar-refractivity contribution is 5.94. The van der Waals surface area contributed by atoms with Crippen molar-refractivity contribution in [3.05, 3.63) is 0 Å². The average Bonchev–Trinajstić information content (AvgIpc) is 2.55. The minimum atomic E-state index is -1.24. The molecule has 3 rings (SSSR count). The monoisotopic (exact) mass is 280 g/mol. The first-order valence-electron chi connectivity index (χ1n) is 7.97. The molecule has 0 aromatic heterocycles. The van der Waals surface area contributed by atoms with Crippen LogP contribution < -0.4 is 0 Å². The lowest BCUT2D eigenvalue weighted by Crippen LogP contribution is -2.50. The predicted octanol–water partition coefficient (Wildman–Crippen LogP) is 2.37. The molecule has 112 valence electrons.